The van der Waals surface area contributed by atoms with E-state index in [0.717, 1.165) is 22.3 Å². The van der Waals surface area contributed by atoms with Crippen LogP contribution in [0.5, 0.6) is 17.2 Å². The molecule has 0 radical (unpaired) electrons. The van der Waals surface area contributed by atoms with Gasteiger partial charge in [-0.2, -0.15) is 0 Å². The highest BCUT2D eigenvalue weighted by Crippen LogP contribution is 2.32. The highest BCUT2D eigenvalue weighted by molar-refractivity contribution is 5.91. The second kappa shape index (κ2) is 6.39. The third kappa shape index (κ3) is 2.96. The third-order valence-electron chi connectivity index (χ3n) is 3.49. The van der Waals surface area contributed by atoms with Crippen molar-refractivity contribution in [1.29, 1.82) is 0 Å². The topological polar surface area (TPSA) is 65.5 Å². The second-order valence-electron chi connectivity index (χ2n) is 4.80. The zero-order valence-electron chi connectivity index (χ0n) is 13.2. The second-order valence-corrected chi connectivity index (χ2v) is 4.80. The van der Waals surface area contributed by atoms with Gasteiger partial charge in [-0.25, -0.2) is 9.97 Å². The standard InChI is InChI=1S/C17H17N3O3/c1-21-12-5-6-13-14(9-12)18-10-19-17(13)20-11-4-7-15(22-2)16(8-11)23-3/h4-10H,1-3H3,(H,18,19,20). The van der Waals surface area contributed by atoms with Gasteiger partial charge in [-0.3, -0.25) is 0 Å². The molecule has 1 aromatic heterocycles. The predicted molar refractivity (Wildman–Crippen MR) is 88.9 cm³/mol. The van der Waals surface area contributed by atoms with Crippen LogP contribution in [0.25, 0.3) is 10.9 Å². The molecule has 2 aromatic carbocycles. The van der Waals surface area contributed by atoms with Crippen LogP contribution >= 0.6 is 0 Å². The van der Waals surface area contributed by atoms with E-state index in [1.54, 1.807) is 21.3 Å². The van der Waals surface area contributed by atoms with Crippen LogP contribution in [0.3, 0.4) is 0 Å². The van der Waals surface area contributed by atoms with Crippen LogP contribution in [0, 0.1) is 0 Å². The Balaban J connectivity index is 1.98. The van der Waals surface area contributed by atoms with Crippen LogP contribution in [-0.4, -0.2) is 31.3 Å². The number of aromatic nitrogens is 2. The van der Waals surface area contributed by atoms with E-state index in [2.05, 4.69) is 15.3 Å². The molecule has 1 N–H and O–H groups in total. The van der Waals surface area contributed by atoms with E-state index in [0.29, 0.717) is 17.3 Å². The summed E-state index contributed by atoms with van der Waals surface area (Å²) in [6, 6.07) is 11.3. The highest BCUT2D eigenvalue weighted by atomic mass is 16.5. The van der Waals surface area contributed by atoms with Crippen molar-refractivity contribution in [2.24, 2.45) is 0 Å². The number of hydrogen-bond donors (Lipinski definition) is 1. The highest BCUT2D eigenvalue weighted by Gasteiger charge is 2.08. The van der Waals surface area contributed by atoms with Gasteiger partial charge in [0.25, 0.3) is 0 Å². The third-order valence-corrected chi connectivity index (χ3v) is 3.49. The van der Waals surface area contributed by atoms with Gasteiger partial charge in [0, 0.05) is 23.2 Å². The first-order valence-electron chi connectivity index (χ1n) is 7.03. The molecule has 0 aliphatic heterocycles. The largest absolute Gasteiger partial charge is 0.497 e. The quantitative estimate of drug-likeness (QED) is 0.779. The summed E-state index contributed by atoms with van der Waals surface area (Å²) in [4.78, 5) is 8.60. The van der Waals surface area contributed by atoms with Crippen molar-refractivity contribution in [3.05, 3.63) is 42.7 Å². The summed E-state index contributed by atoms with van der Waals surface area (Å²) in [6.45, 7) is 0. The fourth-order valence-electron chi connectivity index (χ4n) is 2.31. The molecule has 23 heavy (non-hydrogen) atoms. The van der Waals surface area contributed by atoms with Gasteiger partial charge < -0.3 is 19.5 Å². The maximum absolute atomic E-state index is 5.32. The van der Waals surface area contributed by atoms with Crippen LogP contribution in [0.1, 0.15) is 0 Å². The molecule has 0 saturated carbocycles. The lowest BCUT2D eigenvalue weighted by Crippen LogP contribution is -1.98. The molecule has 0 atom stereocenters. The lowest BCUT2D eigenvalue weighted by atomic mass is 10.2. The van der Waals surface area contributed by atoms with E-state index in [9.17, 15) is 0 Å². The van der Waals surface area contributed by atoms with E-state index in [1.807, 2.05) is 36.4 Å². The van der Waals surface area contributed by atoms with E-state index >= 15 is 0 Å². The number of ether oxygens (including phenoxy) is 3. The molecule has 0 fully saturated rings. The number of rotatable bonds is 5. The normalized spacial score (nSPS) is 10.4. The van der Waals surface area contributed by atoms with Crippen molar-refractivity contribution < 1.29 is 14.2 Å². The molecule has 1 heterocycles. The number of methoxy groups -OCH3 is 3. The summed E-state index contributed by atoms with van der Waals surface area (Å²) < 4.78 is 15.8. The maximum Gasteiger partial charge on any atom is 0.162 e. The molecule has 6 heteroatoms. The van der Waals surface area contributed by atoms with Crippen molar-refractivity contribution in [2.75, 3.05) is 26.6 Å². The van der Waals surface area contributed by atoms with Gasteiger partial charge in [0.2, 0.25) is 0 Å². The Hall–Kier alpha value is -3.02. The van der Waals surface area contributed by atoms with Gasteiger partial charge >= 0.3 is 0 Å². The molecule has 0 spiro atoms. The Bertz CT molecular complexity index is 836. The Morgan fingerprint density at radius 2 is 1.65 bits per heavy atom. The fourth-order valence-corrected chi connectivity index (χ4v) is 2.31. The van der Waals surface area contributed by atoms with Crippen LogP contribution in [0.2, 0.25) is 0 Å². The molecular weight excluding hydrogens is 294 g/mol. The van der Waals surface area contributed by atoms with Crippen molar-refractivity contribution in [2.45, 2.75) is 0 Å². The average molecular weight is 311 g/mol. The number of nitrogens with zero attached hydrogens (tertiary/aromatic N) is 2. The molecule has 0 amide bonds. The zero-order chi connectivity index (χ0) is 16.2. The predicted octanol–water partition coefficient (Wildman–Crippen LogP) is 3.40. The van der Waals surface area contributed by atoms with E-state index < -0.39 is 0 Å². The molecule has 3 rings (SSSR count). The maximum atomic E-state index is 5.32. The summed E-state index contributed by atoms with van der Waals surface area (Å²) in [5, 5.41) is 4.19. The Morgan fingerprint density at radius 3 is 2.39 bits per heavy atom. The number of nitrogens with one attached hydrogen (secondary N) is 1. The smallest absolute Gasteiger partial charge is 0.162 e. The van der Waals surface area contributed by atoms with Crippen molar-refractivity contribution in [3.63, 3.8) is 0 Å². The van der Waals surface area contributed by atoms with Gasteiger partial charge in [0.15, 0.2) is 11.5 Å². The zero-order valence-corrected chi connectivity index (χ0v) is 13.2. The van der Waals surface area contributed by atoms with E-state index in [1.165, 1.54) is 6.33 Å². The summed E-state index contributed by atoms with van der Waals surface area (Å²) in [7, 11) is 4.84. The van der Waals surface area contributed by atoms with Gasteiger partial charge in [-0.1, -0.05) is 0 Å². The molecule has 0 bridgehead atoms. The molecular formula is C17H17N3O3. The number of anilines is 2. The van der Waals surface area contributed by atoms with Gasteiger partial charge in [-0.15, -0.1) is 0 Å². The molecule has 0 saturated heterocycles. The van der Waals surface area contributed by atoms with Crippen LogP contribution in [0.15, 0.2) is 42.7 Å². The number of benzene rings is 2. The van der Waals surface area contributed by atoms with Crippen LogP contribution in [0.4, 0.5) is 11.5 Å². The van der Waals surface area contributed by atoms with E-state index in [4.69, 9.17) is 14.2 Å². The molecule has 6 nitrogen and oxygen atoms in total. The summed E-state index contributed by atoms with van der Waals surface area (Å²) in [6.07, 6.45) is 1.52. The first-order chi connectivity index (χ1) is 11.2. The first-order valence-corrected chi connectivity index (χ1v) is 7.03. The lowest BCUT2D eigenvalue weighted by Gasteiger charge is -2.12. The molecule has 0 unspecified atom stereocenters. The van der Waals surface area contributed by atoms with Crippen LogP contribution in [-0.2, 0) is 0 Å². The van der Waals surface area contributed by atoms with Crippen molar-refractivity contribution in [1.82, 2.24) is 9.97 Å². The van der Waals surface area contributed by atoms with Crippen molar-refractivity contribution >= 4 is 22.4 Å². The summed E-state index contributed by atoms with van der Waals surface area (Å²) >= 11 is 0. The molecule has 0 aliphatic carbocycles. The van der Waals surface area contributed by atoms with E-state index in [-0.39, 0.29) is 0 Å². The van der Waals surface area contributed by atoms with Gasteiger partial charge in [0.05, 0.1) is 26.8 Å². The minimum Gasteiger partial charge on any atom is -0.497 e. The monoisotopic (exact) mass is 311 g/mol. The van der Waals surface area contributed by atoms with Crippen molar-refractivity contribution in [3.8, 4) is 17.2 Å². The lowest BCUT2D eigenvalue weighted by molar-refractivity contribution is 0.355. The first kappa shape index (κ1) is 14.9. The minimum atomic E-state index is 0.650. The number of hydrogen-bond acceptors (Lipinski definition) is 6. The van der Waals surface area contributed by atoms with Gasteiger partial charge in [0.1, 0.15) is 17.9 Å². The Labute approximate surface area is 134 Å². The molecule has 0 aliphatic rings. The molecule has 118 valence electrons. The Morgan fingerprint density at radius 1 is 0.826 bits per heavy atom. The van der Waals surface area contributed by atoms with Crippen LogP contribution < -0.4 is 19.5 Å². The fraction of sp³-hybridized carbons (Fsp3) is 0.176. The number of fused-ring (bicyclic) bond motifs is 1. The SMILES string of the molecule is COc1ccc2c(Nc3ccc(OC)c(OC)c3)ncnc2c1. The van der Waals surface area contributed by atoms with Gasteiger partial charge in [-0.05, 0) is 24.3 Å². The summed E-state index contributed by atoms with van der Waals surface area (Å²) in [5.74, 6) is 2.80. The summed E-state index contributed by atoms with van der Waals surface area (Å²) in [5.41, 5.74) is 1.65. The molecule has 3 aromatic rings. The minimum absolute atomic E-state index is 0.650. The Kier molecular flexibility index (Phi) is 4.14. The average Bonchev–Trinajstić information content (AvgIpc) is 2.61.